The average Bonchev–Trinajstić information content (AvgIpc) is 3.19. The molecule has 128 valence electrons. The molecular weight excluding hydrogens is 332 g/mol. The van der Waals surface area contributed by atoms with E-state index < -0.39 is 5.91 Å². The monoisotopic (exact) mass is 346 g/mol. The maximum Gasteiger partial charge on any atom is 0.295 e. The summed E-state index contributed by atoms with van der Waals surface area (Å²) in [4.78, 5) is 31.0. The van der Waals surface area contributed by atoms with E-state index in [1.54, 1.807) is 60.8 Å². The lowest BCUT2D eigenvalue weighted by atomic mass is 10.2. The lowest BCUT2D eigenvalue weighted by molar-refractivity contribution is 0.0956. The van der Waals surface area contributed by atoms with Crippen LogP contribution in [0.15, 0.2) is 86.8 Å². The van der Waals surface area contributed by atoms with Crippen LogP contribution >= 0.6 is 0 Å². The lowest BCUT2D eigenvalue weighted by Gasteiger charge is -2.20. The molecule has 0 aliphatic heterocycles. The Morgan fingerprint density at radius 1 is 1.04 bits per heavy atom. The third-order valence-corrected chi connectivity index (χ3v) is 3.91. The van der Waals surface area contributed by atoms with Gasteiger partial charge in [-0.2, -0.15) is 0 Å². The van der Waals surface area contributed by atoms with Crippen LogP contribution in [0.3, 0.4) is 0 Å². The van der Waals surface area contributed by atoms with E-state index in [1.807, 2.05) is 0 Å². The molecule has 1 amide bonds. The fourth-order valence-electron chi connectivity index (χ4n) is 2.67. The van der Waals surface area contributed by atoms with Crippen LogP contribution in [-0.2, 0) is 6.54 Å². The number of para-hydroxylation sites is 1. The first-order valence-electron chi connectivity index (χ1n) is 8.00. The maximum atomic E-state index is 13.1. The second-order valence-electron chi connectivity index (χ2n) is 5.63. The van der Waals surface area contributed by atoms with Crippen molar-refractivity contribution < 1.29 is 13.6 Å². The molecular formula is C20H14N2O4. The SMILES string of the molecule is O=C(c1cc(=O)c2ccccc2o1)N(Cc1ccco1)c1ccccn1. The number of carbonyl (C=O) groups is 1. The summed E-state index contributed by atoms with van der Waals surface area (Å²) in [5.41, 5.74) is 0.0940. The van der Waals surface area contributed by atoms with E-state index in [0.29, 0.717) is 22.5 Å². The summed E-state index contributed by atoms with van der Waals surface area (Å²) in [6, 6.07) is 16.8. The quantitative estimate of drug-likeness (QED) is 0.564. The van der Waals surface area contributed by atoms with Crippen LogP contribution in [0.25, 0.3) is 11.0 Å². The zero-order chi connectivity index (χ0) is 17.9. The van der Waals surface area contributed by atoms with Gasteiger partial charge < -0.3 is 8.83 Å². The van der Waals surface area contributed by atoms with Gasteiger partial charge >= 0.3 is 0 Å². The number of amides is 1. The molecule has 0 saturated carbocycles. The summed E-state index contributed by atoms with van der Waals surface area (Å²) in [7, 11) is 0. The predicted molar refractivity (Wildman–Crippen MR) is 95.9 cm³/mol. The molecule has 0 radical (unpaired) electrons. The molecule has 0 N–H and O–H groups in total. The highest BCUT2D eigenvalue weighted by molar-refractivity contribution is 6.04. The van der Waals surface area contributed by atoms with Gasteiger partial charge in [0.2, 0.25) is 0 Å². The van der Waals surface area contributed by atoms with Gasteiger partial charge in [0.15, 0.2) is 11.2 Å². The minimum absolute atomic E-state index is 0.0501. The van der Waals surface area contributed by atoms with Gasteiger partial charge in [0.25, 0.3) is 5.91 Å². The molecule has 4 rings (SSSR count). The van der Waals surface area contributed by atoms with E-state index in [1.165, 1.54) is 17.2 Å². The molecule has 0 fully saturated rings. The molecule has 0 saturated heterocycles. The molecule has 4 aromatic rings. The summed E-state index contributed by atoms with van der Waals surface area (Å²) in [5, 5.41) is 0.430. The van der Waals surface area contributed by atoms with Crippen LogP contribution in [0.1, 0.15) is 16.3 Å². The number of pyridine rings is 1. The molecule has 0 aliphatic rings. The lowest BCUT2D eigenvalue weighted by Crippen LogP contribution is -2.31. The van der Waals surface area contributed by atoms with Gasteiger partial charge in [0, 0.05) is 12.3 Å². The molecule has 3 heterocycles. The van der Waals surface area contributed by atoms with Gasteiger partial charge in [-0.3, -0.25) is 14.5 Å². The molecule has 26 heavy (non-hydrogen) atoms. The number of nitrogens with zero attached hydrogens (tertiary/aromatic N) is 2. The number of anilines is 1. The third kappa shape index (κ3) is 3.00. The van der Waals surface area contributed by atoms with E-state index in [9.17, 15) is 9.59 Å². The molecule has 6 nitrogen and oxygen atoms in total. The second-order valence-corrected chi connectivity index (χ2v) is 5.63. The first kappa shape index (κ1) is 15.8. The summed E-state index contributed by atoms with van der Waals surface area (Å²) in [6.07, 6.45) is 3.13. The van der Waals surface area contributed by atoms with E-state index in [-0.39, 0.29) is 17.7 Å². The Kier molecular flexibility index (Phi) is 4.07. The number of hydrogen-bond acceptors (Lipinski definition) is 5. The van der Waals surface area contributed by atoms with Gasteiger partial charge in [-0.1, -0.05) is 18.2 Å². The van der Waals surface area contributed by atoms with Crippen molar-refractivity contribution in [2.75, 3.05) is 4.90 Å². The van der Waals surface area contributed by atoms with Gasteiger partial charge in [-0.15, -0.1) is 0 Å². The van der Waals surface area contributed by atoms with Crippen molar-refractivity contribution in [1.29, 1.82) is 0 Å². The standard InChI is InChI=1S/C20H14N2O4/c23-16-12-18(26-17-8-2-1-7-15(16)17)20(24)22(13-14-6-5-11-25-14)19-9-3-4-10-21-19/h1-12H,13H2. The molecule has 6 heteroatoms. The van der Waals surface area contributed by atoms with Gasteiger partial charge in [0.05, 0.1) is 18.2 Å². The Morgan fingerprint density at radius 2 is 1.88 bits per heavy atom. The van der Waals surface area contributed by atoms with Crippen LogP contribution < -0.4 is 10.3 Å². The maximum absolute atomic E-state index is 13.1. The number of fused-ring (bicyclic) bond motifs is 1. The fraction of sp³-hybridized carbons (Fsp3) is 0.0500. The smallest absolute Gasteiger partial charge is 0.295 e. The zero-order valence-corrected chi connectivity index (χ0v) is 13.7. The van der Waals surface area contributed by atoms with Crippen LogP contribution in [0.2, 0.25) is 0 Å². The first-order chi connectivity index (χ1) is 12.7. The topological polar surface area (TPSA) is 76.6 Å². The molecule has 0 bridgehead atoms. The fourth-order valence-corrected chi connectivity index (χ4v) is 2.67. The first-order valence-corrected chi connectivity index (χ1v) is 8.00. The minimum Gasteiger partial charge on any atom is -0.467 e. The highest BCUT2D eigenvalue weighted by Crippen LogP contribution is 2.19. The molecule has 0 aliphatic carbocycles. The summed E-state index contributed by atoms with van der Waals surface area (Å²) >= 11 is 0. The van der Waals surface area contributed by atoms with Crippen molar-refractivity contribution in [2.24, 2.45) is 0 Å². The molecule has 0 unspecified atom stereocenters. The van der Waals surface area contributed by atoms with Gasteiger partial charge in [-0.25, -0.2) is 4.98 Å². The Morgan fingerprint density at radius 3 is 2.65 bits per heavy atom. The Bertz CT molecular complexity index is 1100. The van der Waals surface area contributed by atoms with Crippen LogP contribution in [0.4, 0.5) is 5.82 Å². The van der Waals surface area contributed by atoms with Crippen molar-refractivity contribution >= 4 is 22.7 Å². The molecule has 0 spiro atoms. The highest BCUT2D eigenvalue weighted by Gasteiger charge is 2.23. The normalized spacial score (nSPS) is 10.8. The zero-order valence-electron chi connectivity index (χ0n) is 13.7. The van der Waals surface area contributed by atoms with Crippen LogP contribution in [-0.4, -0.2) is 10.9 Å². The number of carbonyl (C=O) groups excluding carboxylic acids is 1. The molecule has 3 aromatic heterocycles. The Hall–Kier alpha value is -3.67. The predicted octanol–water partition coefficient (Wildman–Crippen LogP) is 3.63. The van der Waals surface area contributed by atoms with Gasteiger partial charge in [-0.05, 0) is 36.4 Å². The van der Waals surface area contributed by atoms with Crippen LogP contribution in [0, 0.1) is 0 Å². The second kappa shape index (κ2) is 6.68. The summed E-state index contributed by atoms with van der Waals surface area (Å²) < 4.78 is 11.0. The number of rotatable bonds is 4. The highest BCUT2D eigenvalue weighted by atomic mass is 16.3. The Balaban J connectivity index is 1.78. The summed E-state index contributed by atoms with van der Waals surface area (Å²) in [6.45, 7) is 0.166. The molecule has 0 atom stereocenters. The summed E-state index contributed by atoms with van der Waals surface area (Å²) in [5.74, 6) is 0.505. The molecule has 1 aromatic carbocycles. The van der Waals surface area contributed by atoms with E-state index in [0.717, 1.165) is 0 Å². The van der Waals surface area contributed by atoms with Crippen molar-refractivity contribution in [3.63, 3.8) is 0 Å². The number of furan rings is 1. The number of benzene rings is 1. The third-order valence-electron chi connectivity index (χ3n) is 3.91. The number of hydrogen-bond donors (Lipinski definition) is 0. The number of aromatic nitrogens is 1. The van der Waals surface area contributed by atoms with Crippen LogP contribution in [0.5, 0.6) is 0 Å². The Labute approximate surface area is 148 Å². The van der Waals surface area contributed by atoms with E-state index in [4.69, 9.17) is 8.83 Å². The average molecular weight is 346 g/mol. The minimum atomic E-state index is -0.469. The van der Waals surface area contributed by atoms with E-state index in [2.05, 4.69) is 4.98 Å². The largest absolute Gasteiger partial charge is 0.467 e. The van der Waals surface area contributed by atoms with E-state index >= 15 is 0 Å². The van der Waals surface area contributed by atoms with Crippen molar-refractivity contribution in [3.05, 3.63) is 94.9 Å². The van der Waals surface area contributed by atoms with Gasteiger partial charge in [0.1, 0.15) is 17.2 Å². The van der Waals surface area contributed by atoms with Crippen molar-refractivity contribution in [1.82, 2.24) is 4.98 Å². The van der Waals surface area contributed by atoms with Crippen molar-refractivity contribution in [2.45, 2.75) is 6.54 Å². The van der Waals surface area contributed by atoms with Crippen molar-refractivity contribution in [3.8, 4) is 0 Å².